The molecule has 1 saturated heterocycles. The summed E-state index contributed by atoms with van der Waals surface area (Å²) in [7, 11) is 0. The van der Waals surface area contributed by atoms with Crippen molar-refractivity contribution in [3.05, 3.63) is 17.5 Å². The molecular weight excluding hydrogens is 242 g/mol. The molecule has 0 bridgehead atoms. The summed E-state index contributed by atoms with van der Waals surface area (Å²) in [4.78, 5) is 21.8. The molecule has 1 aromatic rings. The van der Waals surface area contributed by atoms with Crippen molar-refractivity contribution in [1.82, 2.24) is 9.97 Å². The van der Waals surface area contributed by atoms with Gasteiger partial charge in [-0.05, 0) is 32.1 Å². The molecule has 1 aliphatic heterocycles. The van der Waals surface area contributed by atoms with Crippen LogP contribution in [0.25, 0.3) is 0 Å². The van der Waals surface area contributed by atoms with Crippen molar-refractivity contribution in [2.24, 2.45) is 11.8 Å². The van der Waals surface area contributed by atoms with Crippen molar-refractivity contribution in [2.75, 3.05) is 11.4 Å². The van der Waals surface area contributed by atoms with E-state index in [2.05, 4.69) is 35.6 Å². The number of rotatable bonds is 2. The van der Waals surface area contributed by atoms with Crippen LogP contribution in [-0.2, 0) is 0 Å². The van der Waals surface area contributed by atoms with Crippen molar-refractivity contribution >= 4 is 11.9 Å². The number of aromatic nitrogens is 2. The van der Waals surface area contributed by atoms with Crippen LogP contribution in [0.5, 0.6) is 0 Å². The minimum absolute atomic E-state index is 0.175. The van der Waals surface area contributed by atoms with Crippen LogP contribution in [0, 0.1) is 18.8 Å². The maximum absolute atomic E-state index is 11.0. The average molecular weight is 263 g/mol. The number of piperidine rings is 1. The molecule has 3 unspecified atom stereocenters. The number of aromatic carboxylic acids is 1. The summed E-state index contributed by atoms with van der Waals surface area (Å²) in [6.45, 7) is 9.30. The lowest BCUT2D eigenvalue weighted by Crippen LogP contribution is -2.46. The third kappa shape index (κ3) is 2.69. The van der Waals surface area contributed by atoms with Crippen molar-refractivity contribution in [3.63, 3.8) is 0 Å². The van der Waals surface area contributed by atoms with Gasteiger partial charge in [0.25, 0.3) is 0 Å². The quantitative estimate of drug-likeness (QED) is 0.887. The molecule has 0 spiro atoms. The van der Waals surface area contributed by atoms with Crippen molar-refractivity contribution in [2.45, 2.75) is 40.2 Å². The van der Waals surface area contributed by atoms with Crippen LogP contribution in [0.15, 0.2) is 6.20 Å². The third-order valence-electron chi connectivity index (χ3n) is 4.05. The van der Waals surface area contributed by atoms with Gasteiger partial charge in [0, 0.05) is 18.8 Å². The number of hydrogen-bond donors (Lipinski definition) is 1. The summed E-state index contributed by atoms with van der Waals surface area (Å²) < 4.78 is 0. The lowest BCUT2D eigenvalue weighted by molar-refractivity contribution is 0.0695. The highest BCUT2D eigenvalue weighted by Crippen LogP contribution is 2.29. The molecule has 0 amide bonds. The molecular formula is C14H21N3O2. The molecule has 1 N–H and O–H groups in total. The molecule has 104 valence electrons. The van der Waals surface area contributed by atoms with E-state index in [0.717, 1.165) is 6.54 Å². The molecule has 5 nitrogen and oxygen atoms in total. The lowest BCUT2D eigenvalue weighted by Gasteiger charge is -2.41. The summed E-state index contributed by atoms with van der Waals surface area (Å²) in [6, 6.07) is 0.381. The van der Waals surface area contributed by atoms with Gasteiger partial charge in [0.1, 0.15) is 0 Å². The maximum Gasteiger partial charge on any atom is 0.339 e. The molecule has 0 aromatic carbocycles. The zero-order chi connectivity index (χ0) is 14.2. The fraction of sp³-hybridized carbons (Fsp3) is 0.643. The van der Waals surface area contributed by atoms with Gasteiger partial charge in [0.15, 0.2) is 0 Å². The van der Waals surface area contributed by atoms with Gasteiger partial charge in [-0.15, -0.1) is 0 Å². The molecule has 5 heteroatoms. The summed E-state index contributed by atoms with van der Waals surface area (Å²) in [5.74, 6) is 0.868. The van der Waals surface area contributed by atoms with E-state index in [0.29, 0.717) is 29.5 Å². The topological polar surface area (TPSA) is 66.3 Å². The first kappa shape index (κ1) is 13.8. The SMILES string of the molecule is Cc1nc(N2CC(C)CC(C)C2C)ncc1C(=O)O. The number of aryl methyl sites for hydroxylation is 1. The first-order chi connectivity index (χ1) is 8.90. The van der Waals surface area contributed by atoms with E-state index in [1.807, 2.05) is 0 Å². The Morgan fingerprint density at radius 3 is 2.68 bits per heavy atom. The molecule has 19 heavy (non-hydrogen) atoms. The van der Waals surface area contributed by atoms with Gasteiger partial charge in [-0.2, -0.15) is 0 Å². The van der Waals surface area contributed by atoms with Crippen molar-refractivity contribution in [3.8, 4) is 0 Å². The number of nitrogens with zero attached hydrogens (tertiary/aromatic N) is 3. The monoisotopic (exact) mass is 263 g/mol. The van der Waals surface area contributed by atoms with Crippen molar-refractivity contribution in [1.29, 1.82) is 0 Å². The highest BCUT2D eigenvalue weighted by molar-refractivity contribution is 5.88. The normalized spacial score (nSPS) is 27.4. The fourth-order valence-corrected chi connectivity index (χ4v) is 2.78. The van der Waals surface area contributed by atoms with E-state index in [1.165, 1.54) is 12.6 Å². The minimum atomic E-state index is -0.975. The first-order valence-electron chi connectivity index (χ1n) is 6.73. The van der Waals surface area contributed by atoms with Crippen LogP contribution in [-0.4, -0.2) is 33.6 Å². The lowest BCUT2D eigenvalue weighted by atomic mass is 9.86. The first-order valence-corrected chi connectivity index (χ1v) is 6.73. The van der Waals surface area contributed by atoms with E-state index >= 15 is 0 Å². The molecule has 0 radical (unpaired) electrons. The summed E-state index contributed by atoms with van der Waals surface area (Å²) in [5.41, 5.74) is 0.699. The Morgan fingerprint density at radius 1 is 1.42 bits per heavy atom. The van der Waals surface area contributed by atoms with Gasteiger partial charge in [0.2, 0.25) is 5.95 Å². The summed E-state index contributed by atoms with van der Waals surface area (Å²) in [6.07, 6.45) is 2.63. The molecule has 2 rings (SSSR count). The predicted octanol–water partition coefficient (Wildman–Crippen LogP) is 2.35. The van der Waals surface area contributed by atoms with E-state index < -0.39 is 5.97 Å². The molecule has 1 aliphatic rings. The Bertz CT molecular complexity index is 490. The number of carboxylic acid groups (broad SMARTS) is 1. The second-order valence-corrected chi connectivity index (χ2v) is 5.69. The number of hydrogen-bond acceptors (Lipinski definition) is 4. The second kappa shape index (κ2) is 5.15. The van der Waals surface area contributed by atoms with Gasteiger partial charge in [-0.1, -0.05) is 13.8 Å². The molecule has 0 aliphatic carbocycles. The van der Waals surface area contributed by atoms with E-state index in [-0.39, 0.29) is 5.56 Å². The van der Waals surface area contributed by atoms with E-state index in [1.54, 1.807) is 6.92 Å². The Morgan fingerprint density at radius 2 is 2.11 bits per heavy atom. The highest BCUT2D eigenvalue weighted by atomic mass is 16.4. The summed E-state index contributed by atoms with van der Waals surface area (Å²) in [5, 5.41) is 9.01. The average Bonchev–Trinajstić information content (AvgIpc) is 2.33. The largest absolute Gasteiger partial charge is 0.478 e. The fourth-order valence-electron chi connectivity index (χ4n) is 2.78. The standard InChI is InChI=1S/C14H21N3O2/c1-8-5-9(2)11(4)17(7-8)14-15-6-12(13(18)19)10(3)16-14/h6,8-9,11H,5,7H2,1-4H3,(H,18,19). The van der Waals surface area contributed by atoms with Gasteiger partial charge >= 0.3 is 5.97 Å². The zero-order valence-corrected chi connectivity index (χ0v) is 11.9. The van der Waals surface area contributed by atoms with Crippen LogP contribution < -0.4 is 4.90 Å². The van der Waals surface area contributed by atoms with Crippen LogP contribution >= 0.6 is 0 Å². The van der Waals surface area contributed by atoms with E-state index in [9.17, 15) is 4.79 Å². The minimum Gasteiger partial charge on any atom is -0.478 e. The number of carboxylic acids is 1. The van der Waals surface area contributed by atoms with Crippen LogP contribution in [0.2, 0.25) is 0 Å². The maximum atomic E-state index is 11.0. The summed E-state index contributed by atoms with van der Waals surface area (Å²) >= 11 is 0. The zero-order valence-electron chi connectivity index (χ0n) is 11.9. The van der Waals surface area contributed by atoms with Gasteiger partial charge in [-0.25, -0.2) is 14.8 Å². The third-order valence-corrected chi connectivity index (χ3v) is 4.05. The number of anilines is 1. The molecule has 3 atom stereocenters. The van der Waals surface area contributed by atoms with Crippen LogP contribution in [0.4, 0.5) is 5.95 Å². The Kier molecular flexibility index (Phi) is 3.73. The van der Waals surface area contributed by atoms with Gasteiger partial charge in [-0.3, -0.25) is 0 Å². The Labute approximate surface area is 113 Å². The number of carbonyl (C=O) groups is 1. The highest BCUT2D eigenvalue weighted by Gasteiger charge is 2.30. The second-order valence-electron chi connectivity index (χ2n) is 5.69. The molecule has 1 fully saturated rings. The van der Waals surface area contributed by atoms with E-state index in [4.69, 9.17) is 5.11 Å². The van der Waals surface area contributed by atoms with Gasteiger partial charge < -0.3 is 10.0 Å². The van der Waals surface area contributed by atoms with Gasteiger partial charge in [0.05, 0.1) is 11.3 Å². The van der Waals surface area contributed by atoms with Crippen LogP contribution in [0.1, 0.15) is 43.2 Å². The molecule has 0 saturated carbocycles. The molecule has 1 aromatic heterocycles. The smallest absolute Gasteiger partial charge is 0.339 e. The van der Waals surface area contributed by atoms with Crippen molar-refractivity contribution < 1.29 is 9.90 Å². The Hall–Kier alpha value is -1.65. The Balaban J connectivity index is 2.31. The van der Waals surface area contributed by atoms with Crippen LogP contribution in [0.3, 0.4) is 0 Å². The predicted molar refractivity (Wildman–Crippen MR) is 73.5 cm³/mol. The molecule has 2 heterocycles.